The molecule has 2 aromatic heterocycles. The van der Waals surface area contributed by atoms with Crippen LogP contribution in [-0.2, 0) is 13.1 Å². The summed E-state index contributed by atoms with van der Waals surface area (Å²) in [6.45, 7) is 3.33. The van der Waals surface area contributed by atoms with Crippen LogP contribution < -0.4 is 4.90 Å². The second-order valence-electron chi connectivity index (χ2n) is 8.04. The van der Waals surface area contributed by atoms with Crippen LogP contribution >= 0.6 is 12.4 Å². The van der Waals surface area contributed by atoms with Gasteiger partial charge in [0.15, 0.2) is 5.82 Å². The molecule has 1 aliphatic rings. The number of halogens is 5. The van der Waals surface area contributed by atoms with Gasteiger partial charge < -0.3 is 10.0 Å². The zero-order valence-corrected chi connectivity index (χ0v) is 19.0. The minimum Gasteiger partial charge on any atom is -0.391 e. The lowest BCUT2D eigenvalue weighted by atomic mass is 10.1. The Morgan fingerprint density at radius 2 is 1.68 bits per heavy atom. The summed E-state index contributed by atoms with van der Waals surface area (Å²) in [5.41, 5.74) is 2.36. The first kappa shape index (κ1) is 25.9. The van der Waals surface area contributed by atoms with Gasteiger partial charge in [0.2, 0.25) is 0 Å². The van der Waals surface area contributed by atoms with Gasteiger partial charge in [-0.15, -0.1) is 12.4 Å². The lowest BCUT2D eigenvalue weighted by Gasteiger charge is -2.35. The van der Waals surface area contributed by atoms with Crippen molar-refractivity contribution in [1.29, 1.82) is 0 Å². The maximum atomic E-state index is 13.3. The molecule has 0 amide bonds. The zero-order chi connectivity index (χ0) is 23.4. The van der Waals surface area contributed by atoms with Crippen LogP contribution in [0, 0.1) is 5.82 Å². The number of piperazine rings is 1. The first-order valence-corrected chi connectivity index (χ1v) is 10.6. The van der Waals surface area contributed by atoms with Gasteiger partial charge in [-0.2, -0.15) is 18.3 Å². The van der Waals surface area contributed by atoms with E-state index in [4.69, 9.17) is 0 Å². The quantitative estimate of drug-likeness (QED) is 0.500. The molecule has 1 fully saturated rings. The Morgan fingerprint density at radius 3 is 2.35 bits per heavy atom. The van der Waals surface area contributed by atoms with Crippen LogP contribution in [0.25, 0.3) is 11.3 Å². The summed E-state index contributed by atoms with van der Waals surface area (Å²) in [5, 5.41) is 13.7. The molecule has 3 aromatic rings. The Morgan fingerprint density at radius 1 is 1.00 bits per heavy atom. The van der Waals surface area contributed by atoms with Crippen LogP contribution in [0.5, 0.6) is 0 Å². The fraction of sp³-hybridized carbons (Fsp3) is 0.409. The summed E-state index contributed by atoms with van der Waals surface area (Å²) in [6.07, 6.45) is -0.661. The molecule has 0 unspecified atom stereocenters. The number of aliphatic hydroxyl groups excluding tert-OH is 1. The van der Waals surface area contributed by atoms with E-state index < -0.39 is 18.7 Å². The van der Waals surface area contributed by atoms with Gasteiger partial charge in [0.05, 0.1) is 25.3 Å². The second-order valence-corrected chi connectivity index (χ2v) is 8.04. The van der Waals surface area contributed by atoms with Crippen molar-refractivity contribution < 1.29 is 22.7 Å². The number of anilines is 1. The molecule has 1 saturated heterocycles. The number of aromatic nitrogens is 4. The minimum absolute atomic E-state index is 0. The van der Waals surface area contributed by atoms with Crippen molar-refractivity contribution in [2.24, 2.45) is 0 Å². The van der Waals surface area contributed by atoms with Gasteiger partial charge >= 0.3 is 6.18 Å². The molecule has 0 bridgehead atoms. The van der Waals surface area contributed by atoms with Gasteiger partial charge in [0, 0.05) is 62.4 Å². The van der Waals surface area contributed by atoms with E-state index in [9.17, 15) is 22.7 Å². The fourth-order valence-electron chi connectivity index (χ4n) is 3.89. The molecular weight excluding hydrogens is 476 g/mol. The molecule has 1 aliphatic heterocycles. The molecule has 3 heterocycles. The van der Waals surface area contributed by atoms with Crippen LogP contribution in [0.1, 0.15) is 12.0 Å². The number of nitrogens with zero attached hydrogens (tertiary/aromatic N) is 6. The Hall–Kier alpha value is -2.76. The summed E-state index contributed by atoms with van der Waals surface area (Å²) in [4.78, 5) is 13.3. The average molecular weight is 501 g/mol. The van der Waals surface area contributed by atoms with Gasteiger partial charge in [0.25, 0.3) is 0 Å². The third-order valence-corrected chi connectivity index (χ3v) is 5.43. The number of alkyl halides is 3. The molecule has 1 atom stereocenters. The van der Waals surface area contributed by atoms with E-state index >= 15 is 0 Å². The molecular formula is C22H25ClF4N6O. The predicted molar refractivity (Wildman–Crippen MR) is 121 cm³/mol. The van der Waals surface area contributed by atoms with Crippen molar-refractivity contribution in [1.82, 2.24) is 24.6 Å². The Kier molecular flexibility index (Phi) is 8.45. The highest BCUT2D eigenvalue weighted by atomic mass is 35.5. The van der Waals surface area contributed by atoms with Crippen molar-refractivity contribution >= 4 is 18.2 Å². The Balaban J connectivity index is 0.00000324. The Bertz CT molecular complexity index is 1050. The van der Waals surface area contributed by atoms with E-state index in [1.165, 1.54) is 16.8 Å². The van der Waals surface area contributed by atoms with Gasteiger partial charge in [0.1, 0.15) is 11.5 Å². The predicted octanol–water partition coefficient (Wildman–Crippen LogP) is 3.54. The molecule has 0 saturated carbocycles. The van der Waals surface area contributed by atoms with E-state index in [0.29, 0.717) is 25.3 Å². The normalized spacial score (nSPS) is 15.7. The highest BCUT2D eigenvalue weighted by Crippen LogP contribution is 2.27. The van der Waals surface area contributed by atoms with Crippen molar-refractivity contribution in [3.8, 4) is 11.3 Å². The molecule has 4 rings (SSSR count). The summed E-state index contributed by atoms with van der Waals surface area (Å²) < 4.78 is 51.8. The van der Waals surface area contributed by atoms with E-state index in [2.05, 4.69) is 24.9 Å². The van der Waals surface area contributed by atoms with Crippen molar-refractivity contribution in [3.05, 3.63) is 60.4 Å². The molecule has 0 spiro atoms. The summed E-state index contributed by atoms with van der Waals surface area (Å²) >= 11 is 0. The number of hydrogen-bond donors (Lipinski definition) is 1. The SMILES string of the molecule is Cl.O[C@@H](Cn1cc(CN2CCN(c3nccnc3-c3ccc(F)cc3)CC2)cn1)CC(F)(F)F. The third kappa shape index (κ3) is 6.87. The smallest absolute Gasteiger partial charge is 0.391 e. The van der Waals surface area contributed by atoms with E-state index in [-0.39, 0.29) is 24.8 Å². The van der Waals surface area contributed by atoms with E-state index in [1.807, 2.05) is 0 Å². The summed E-state index contributed by atoms with van der Waals surface area (Å²) in [6, 6.07) is 6.16. The van der Waals surface area contributed by atoms with Gasteiger partial charge in [-0.3, -0.25) is 14.6 Å². The lowest BCUT2D eigenvalue weighted by Crippen LogP contribution is -2.46. The Labute approximate surface area is 200 Å². The van der Waals surface area contributed by atoms with Crippen LogP contribution in [0.15, 0.2) is 49.1 Å². The fourth-order valence-corrected chi connectivity index (χ4v) is 3.89. The molecule has 1 aromatic carbocycles. The second kappa shape index (κ2) is 11.1. The molecule has 7 nitrogen and oxygen atoms in total. The number of benzene rings is 1. The number of aliphatic hydroxyl groups is 1. The number of hydrogen-bond acceptors (Lipinski definition) is 6. The topological polar surface area (TPSA) is 70.3 Å². The first-order chi connectivity index (χ1) is 15.8. The summed E-state index contributed by atoms with van der Waals surface area (Å²) in [5.74, 6) is 0.436. The maximum Gasteiger partial charge on any atom is 0.391 e. The molecule has 0 radical (unpaired) electrons. The van der Waals surface area contributed by atoms with Gasteiger partial charge in [-0.25, -0.2) is 9.37 Å². The van der Waals surface area contributed by atoms with E-state index in [1.54, 1.807) is 36.9 Å². The highest BCUT2D eigenvalue weighted by Gasteiger charge is 2.31. The minimum atomic E-state index is -4.41. The molecule has 184 valence electrons. The maximum absolute atomic E-state index is 13.3. The summed E-state index contributed by atoms with van der Waals surface area (Å²) in [7, 11) is 0. The van der Waals surface area contributed by atoms with E-state index in [0.717, 1.165) is 30.0 Å². The van der Waals surface area contributed by atoms with Crippen molar-refractivity contribution in [3.63, 3.8) is 0 Å². The van der Waals surface area contributed by atoms with Crippen LogP contribution in [0.3, 0.4) is 0 Å². The standard InChI is InChI=1S/C22H24F4N6O.ClH/c23-18-3-1-17(2-4-18)20-21(28-6-5-27-20)31-9-7-30(8-10-31)13-16-12-29-32(14-16)15-19(33)11-22(24,25)26;/h1-6,12,14,19,33H,7-11,13,15H2;1H/t19-;/m1./s1. The monoisotopic (exact) mass is 500 g/mol. The molecule has 34 heavy (non-hydrogen) atoms. The molecule has 1 N–H and O–H groups in total. The van der Waals surface area contributed by atoms with Gasteiger partial charge in [-0.05, 0) is 24.3 Å². The van der Waals surface area contributed by atoms with Crippen molar-refractivity contribution in [2.45, 2.75) is 31.8 Å². The highest BCUT2D eigenvalue weighted by molar-refractivity contribution is 5.85. The van der Waals surface area contributed by atoms with Crippen LogP contribution in [0.2, 0.25) is 0 Å². The first-order valence-electron chi connectivity index (χ1n) is 10.6. The average Bonchev–Trinajstić information content (AvgIpc) is 3.20. The number of rotatable bonds is 7. The molecule has 0 aliphatic carbocycles. The van der Waals surface area contributed by atoms with Crippen molar-refractivity contribution in [2.75, 3.05) is 31.1 Å². The van der Waals surface area contributed by atoms with Crippen LogP contribution in [-0.4, -0.2) is 68.2 Å². The van der Waals surface area contributed by atoms with Gasteiger partial charge in [-0.1, -0.05) is 0 Å². The van der Waals surface area contributed by atoms with Crippen LogP contribution in [0.4, 0.5) is 23.4 Å². The largest absolute Gasteiger partial charge is 0.391 e. The third-order valence-electron chi connectivity index (χ3n) is 5.43. The zero-order valence-electron chi connectivity index (χ0n) is 18.2. The molecule has 12 heteroatoms. The lowest BCUT2D eigenvalue weighted by molar-refractivity contribution is -0.154.